The molecule has 7 nitrogen and oxygen atoms in total. The first-order valence-electron chi connectivity index (χ1n) is 7.24. The first kappa shape index (κ1) is 16.8. The third kappa shape index (κ3) is 3.61. The molecular weight excluding hydrogens is 300 g/mol. The zero-order valence-corrected chi connectivity index (χ0v) is 13.3. The third-order valence-corrected chi connectivity index (χ3v) is 3.85. The highest BCUT2D eigenvalue weighted by Crippen LogP contribution is 2.27. The smallest absolute Gasteiger partial charge is 0.328 e. The van der Waals surface area contributed by atoms with E-state index in [9.17, 15) is 14.4 Å². The molecule has 23 heavy (non-hydrogen) atoms. The molecule has 1 atom stereocenters. The monoisotopic (exact) mass is 320 g/mol. The standard InChI is InChI=1S/C16H20N2O5/c1-16(2,15(21)22)17-14(20)10-8-13(19)18(9-10)11-4-6-12(23-3)7-5-11/h4-7,10H,8-9H2,1-3H3,(H,17,20)(H,21,22)/t10-/m0/s1. The average Bonchev–Trinajstić information content (AvgIpc) is 2.89. The van der Waals surface area contributed by atoms with E-state index in [4.69, 9.17) is 9.84 Å². The minimum absolute atomic E-state index is 0.0631. The molecule has 2 N–H and O–H groups in total. The van der Waals surface area contributed by atoms with Gasteiger partial charge in [-0.2, -0.15) is 0 Å². The summed E-state index contributed by atoms with van der Waals surface area (Å²) in [7, 11) is 1.56. The van der Waals surface area contributed by atoms with Gasteiger partial charge in [0.2, 0.25) is 11.8 Å². The number of carboxylic acids is 1. The molecule has 1 fully saturated rings. The van der Waals surface area contributed by atoms with E-state index in [1.54, 1.807) is 31.4 Å². The van der Waals surface area contributed by atoms with E-state index in [1.807, 2.05) is 0 Å². The number of nitrogens with one attached hydrogen (secondary N) is 1. The average molecular weight is 320 g/mol. The zero-order valence-electron chi connectivity index (χ0n) is 13.3. The number of nitrogens with zero attached hydrogens (tertiary/aromatic N) is 1. The van der Waals surface area contributed by atoms with Gasteiger partial charge in [0.25, 0.3) is 0 Å². The molecule has 1 heterocycles. The Morgan fingerprint density at radius 1 is 1.30 bits per heavy atom. The molecular formula is C16H20N2O5. The second-order valence-electron chi connectivity index (χ2n) is 6.02. The molecule has 0 spiro atoms. The highest BCUT2D eigenvalue weighted by Gasteiger charge is 2.38. The number of carbonyl (C=O) groups excluding carboxylic acids is 2. The number of hydrogen-bond donors (Lipinski definition) is 2. The summed E-state index contributed by atoms with van der Waals surface area (Å²) >= 11 is 0. The Hall–Kier alpha value is -2.57. The Kier molecular flexibility index (Phi) is 4.58. The van der Waals surface area contributed by atoms with Crippen LogP contribution in [0.15, 0.2) is 24.3 Å². The van der Waals surface area contributed by atoms with E-state index < -0.39 is 23.3 Å². The van der Waals surface area contributed by atoms with Crippen LogP contribution in [0, 0.1) is 5.92 Å². The van der Waals surface area contributed by atoms with Crippen molar-refractivity contribution in [3.63, 3.8) is 0 Å². The van der Waals surface area contributed by atoms with Gasteiger partial charge in [-0.1, -0.05) is 0 Å². The van der Waals surface area contributed by atoms with E-state index in [1.165, 1.54) is 18.7 Å². The fourth-order valence-corrected chi connectivity index (χ4v) is 2.36. The van der Waals surface area contributed by atoms with Crippen LogP contribution >= 0.6 is 0 Å². The van der Waals surface area contributed by atoms with Crippen LogP contribution in [0.3, 0.4) is 0 Å². The summed E-state index contributed by atoms with van der Waals surface area (Å²) in [6.07, 6.45) is 0.0631. The van der Waals surface area contributed by atoms with Gasteiger partial charge in [-0.05, 0) is 38.1 Å². The summed E-state index contributed by atoms with van der Waals surface area (Å²) < 4.78 is 5.07. The molecule has 2 rings (SSSR count). The van der Waals surface area contributed by atoms with Crippen LogP contribution in [0.5, 0.6) is 5.75 Å². The van der Waals surface area contributed by atoms with Crippen molar-refractivity contribution in [2.24, 2.45) is 5.92 Å². The lowest BCUT2D eigenvalue weighted by Gasteiger charge is -2.23. The van der Waals surface area contributed by atoms with Crippen LogP contribution in [-0.2, 0) is 14.4 Å². The second kappa shape index (κ2) is 6.28. The quantitative estimate of drug-likeness (QED) is 0.844. The maximum Gasteiger partial charge on any atom is 0.328 e. The molecule has 1 saturated heterocycles. The normalized spacial score (nSPS) is 18.0. The molecule has 0 radical (unpaired) electrons. The SMILES string of the molecule is COc1ccc(N2C[C@@H](C(=O)NC(C)(C)C(=O)O)CC2=O)cc1. The summed E-state index contributed by atoms with van der Waals surface area (Å²) in [6.45, 7) is 3.04. The number of methoxy groups -OCH3 is 1. The number of carboxylic acid groups (broad SMARTS) is 1. The lowest BCUT2D eigenvalue weighted by Crippen LogP contribution is -2.51. The van der Waals surface area contributed by atoms with Crippen molar-refractivity contribution in [1.29, 1.82) is 0 Å². The Morgan fingerprint density at radius 3 is 2.43 bits per heavy atom. The van der Waals surface area contributed by atoms with Gasteiger partial charge in [0.1, 0.15) is 11.3 Å². The Morgan fingerprint density at radius 2 is 1.91 bits per heavy atom. The molecule has 2 amide bonds. The van der Waals surface area contributed by atoms with Crippen molar-refractivity contribution in [3.8, 4) is 5.75 Å². The van der Waals surface area contributed by atoms with Crippen LogP contribution in [0.25, 0.3) is 0 Å². The lowest BCUT2D eigenvalue weighted by molar-refractivity contribution is -0.146. The van der Waals surface area contributed by atoms with Crippen molar-refractivity contribution in [1.82, 2.24) is 5.32 Å². The van der Waals surface area contributed by atoms with Gasteiger partial charge in [0, 0.05) is 18.7 Å². The summed E-state index contributed by atoms with van der Waals surface area (Å²) in [5.74, 6) is -1.60. The van der Waals surface area contributed by atoms with E-state index in [-0.39, 0.29) is 18.9 Å². The Balaban J connectivity index is 2.07. The topological polar surface area (TPSA) is 95.9 Å². The van der Waals surface area contributed by atoms with Crippen molar-refractivity contribution < 1.29 is 24.2 Å². The molecule has 7 heteroatoms. The molecule has 0 unspecified atom stereocenters. The van der Waals surface area contributed by atoms with Gasteiger partial charge in [0.15, 0.2) is 0 Å². The second-order valence-corrected chi connectivity index (χ2v) is 6.02. The summed E-state index contributed by atoms with van der Waals surface area (Å²) in [5.41, 5.74) is -0.684. The third-order valence-electron chi connectivity index (χ3n) is 3.85. The molecule has 1 aliphatic heterocycles. The molecule has 1 aromatic rings. The van der Waals surface area contributed by atoms with Gasteiger partial charge in [-0.3, -0.25) is 9.59 Å². The van der Waals surface area contributed by atoms with Crippen LogP contribution in [0.1, 0.15) is 20.3 Å². The van der Waals surface area contributed by atoms with Crippen LogP contribution in [0.2, 0.25) is 0 Å². The number of amides is 2. The maximum atomic E-state index is 12.2. The molecule has 0 bridgehead atoms. The van der Waals surface area contributed by atoms with Gasteiger partial charge >= 0.3 is 5.97 Å². The first-order valence-corrected chi connectivity index (χ1v) is 7.24. The van der Waals surface area contributed by atoms with Crippen molar-refractivity contribution in [3.05, 3.63) is 24.3 Å². The zero-order chi connectivity index (χ0) is 17.2. The number of anilines is 1. The molecule has 124 valence electrons. The number of carbonyl (C=O) groups is 3. The van der Waals surface area contributed by atoms with E-state index in [2.05, 4.69) is 5.32 Å². The number of benzene rings is 1. The van der Waals surface area contributed by atoms with Gasteiger partial charge < -0.3 is 20.1 Å². The maximum absolute atomic E-state index is 12.2. The van der Waals surface area contributed by atoms with Crippen molar-refractivity contribution >= 4 is 23.5 Å². The van der Waals surface area contributed by atoms with E-state index >= 15 is 0 Å². The summed E-state index contributed by atoms with van der Waals surface area (Å²) in [4.78, 5) is 37.0. The van der Waals surface area contributed by atoms with Gasteiger partial charge in [0.05, 0.1) is 13.0 Å². The summed E-state index contributed by atoms with van der Waals surface area (Å²) in [6, 6.07) is 6.98. The van der Waals surface area contributed by atoms with Crippen molar-refractivity contribution in [2.75, 3.05) is 18.6 Å². The predicted molar refractivity (Wildman–Crippen MR) is 83.3 cm³/mol. The fourth-order valence-electron chi connectivity index (χ4n) is 2.36. The van der Waals surface area contributed by atoms with Crippen molar-refractivity contribution in [2.45, 2.75) is 25.8 Å². The molecule has 0 aliphatic carbocycles. The predicted octanol–water partition coefficient (Wildman–Crippen LogP) is 1.03. The summed E-state index contributed by atoms with van der Waals surface area (Å²) in [5, 5.41) is 11.5. The minimum Gasteiger partial charge on any atom is -0.497 e. The molecule has 1 aromatic carbocycles. The highest BCUT2D eigenvalue weighted by atomic mass is 16.5. The highest BCUT2D eigenvalue weighted by molar-refractivity contribution is 6.01. The van der Waals surface area contributed by atoms with Crippen LogP contribution in [-0.4, -0.2) is 42.1 Å². The van der Waals surface area contributed by atoms with E-state index in [0.717, 1.165) is 0 Å². The molecule has 0 aromatic heterocycles. The largest absolute Gasteiger partial charge is 0.497 e. The number of aliphatic carboxylic acids is 1. The number of ether oxygens (including phenoxy) is 1. The van der Waals surface area contributed by atoms with Crippen LogP contribution in [0.4, 0.5) is 5.69 Å². The van der Waals surface area contributed by atoms with E-state index in [0.29, 0.717) is 11.4 Å². The number of hydrogen-bond acceptors (Lipinski definition) is 4. The fraction of sp³-hybridized carbons (Fsp3) is 0.438. The molecule has 0 saturated carbocycles. The number of rotatable bonds is 5. The van der Waals surface area contributed by atoms with Gasteiger partial charge in [-0.25, -0.2) is 4.79 Å². The lowest BCUT2D eigenvalue weighted by atomic mass is 10.0. The minimum atomic E-state index is -1.37. The van der Waals surface area contributed by atoms with Crippen LogP contribution < -0.4 is 15.0 Å². The molecule has 1 aliphatic rings. The Bertz CT molecular complexity index is 624. The van der Waals surface area contributed by atoms with Gasteiger partial charge in [-0.15, -0.1) is 0 Å². The first-order chi connectivity index (χ1) is 10.7. The Labute approximate surface area is 134 Å².